The Kier molecular flexibility index (Phi) is 9.13. The van der Waals surface area contributed by atoms with Crippen molar-refractivity contribution in [1.82, 2.24) is 0 Å². The van der Waals surface area contributed by atoms with Gasteiger partial charge in [0, 0.05) is 0 Å². The fourth-order valence-corrected chi connectivity index (χ4v) is 3.63. The van der Waals surface area contributed by atoms with Crippen molar-refractivity contribution in [2.75, 3.05) is 6.26 Å². The predicted octanol–water partition coefficient (Wildman–Crippen LogP) is 7.57. The largest absolute Gasteiger partial charge is 0.207 e. The van der Waals surface area contributed by atoms with Crippen LogP contribution in [0.4, 0.5) is 4.39 Å². The van der Waals surface area contributed by atoms with E-state index in [-0.39, 0.29) is 11.7 Å². The Balaban J connectivity index is 3.16. The monoisotopic (exact) mass is 346 g/mol. The van der Waals surface area contributed by atoms with Gasteiger partial charge in [0.2, 0.25) is 0 Å². The van der Waals surface area contributed by atoms with Gasteiger partial charge in [-0.2, -0.15) is 0 Å². The number of hydrogen-bond acceptors (Lipinski definition) is 1. The number of halogens is 1. The third-order valence-corrected chi connectivity index (χ3v) is 5.08. The summed E-state index contributed by atoms with van der Waals surface area (Å²) in [5.41, 5.74) is 4.40. The molecule has 0 aliphatic carbocycles. The number of thioether (sulfide) groups is 1. The summed E-state index contributed by atoms with van der Waals surface area (Å²) in [4.78, 5) is 1.35. The van der Waals surface area contributed by atoms with Crippen LogP contribution in [0.3, 0.4) is 0 Å². The lowest BCUT2D eigenvalue weighted by molar-refractivity contribution is 0.603. The molecule has 1 aromatic carbocycles. The third-order valence-electron chi connectivity index (χ3n) is 4.27. The summed E-state index contributed by atoms with van der Waals surface area (Å²) in [5.74, 6) is 0.158. The summed E-state index contributed by atoms with van der Waals surface area (Å²) in [6.45, 7) is 12.4. The molecule has 0 saturated heterocycles. The van der Waals surface area contributed by atoms with Gasteiger partial charge in [0.05, 0.1) is 0 Å². The zero-order valence-electron chi connectivity index (χ0n) is 15.8. The lowest BCUT2D eigenvalue weighted by atomic mass is 9.86. The summed E-state index contributed by atoms with van der Waals surface area (Å²) in [5, 5.41) is 0. The van der Waals surface area contributed by atoms with E-state index in [1.807, 2.05) is 13.0 Å². The van der Waals surface area contributed by atoms with Crippen LogP contribution < -0.4 is 0 Å². The number of hydrogen-bond donors (Lipinski definition) is 0. The van der Waals surface area contributed by atoms with Crippen LogP contribution in [-0.4, -0.2) is 6.26 Å². The molecule has 0 fully saturated rings. The molecule has 132 valence electrons. The van der Waals surface area contributed by atoms with Crippen LogP contribution in [0.2, 0.25) is 0 Å². The second-order valence-electron chi connectivity index (χ2n) is 6.37. The minimum Gasteiger partial charge on any atom is -0.207 e. The topological polar surface area (TPSA) is 0 Å². The van der Waals surface area contributed by atoms with Gasteiger partial charge in [-0.15, -0.1) is 18.3 Å². The smallest absolute Gasteiger partial charge is 0.126 e. The maximum atomic E-state index is 14.0. The Labute approximate surface area is 151 Å². The van der Waals surface area contributed by atoms with E-state index in [2.05, 4.69) is 51.8 Å². The summed E-state index contributed by atoms with van der Waals surface area (Å²) < 4.78 is 14.0. The Hall–Kier alpha value is -1.28. The molecular weight excluding hydrogens is 315 g/mol. The van der Waals surface area contributed by atoms with Crippen LogP contribution >= 0.6 is 11.8 Å². The van der Waals surface area contributed by atoms with Crippen molar-refractivity contribution < 1.29 is 4.39 Å². The molecule has 0 spiro atoms. The van der Waals surface area contributed by atoms with Crippen LogP contribution in [0.1, 0.15) is 63.5 Å². The van der Waals surface area contributed by atoms with Gasteiger partial charge in [0.1, 0.15) is 5.82 Å². The molecule has 1 unspecified atom stereocenters. The minimum absolute atomic E-state index is 0.117. The van der Waals surface area contributed by atoms with E-state index >= 15 is 0 Å². The quantitative estimate of drug-likeness (QED) is 0.328. The highest BCUT2D eigenvalue weighted by Crippen LogP contribution is 2.35. The van der Waals surface area contributed by atoms with Gasteiger partial charge < -0.3 is 0 Å². The summed E-state index contributed by atoms with van der Waals surface area (Å²) >= 11 is 1.80. The first kappa shape index (κ1) is 20.8. The Morgan fingerprint density at radius 2 is 2.00 bits per heavy atom. The van der Waals surface area contributed by atoms with Crippen LogP contribution in [0.5, 0.6) is 0 Å². The highest BCUT2D eigenvalue weighted by Gasteiger charge is 2.17. The number of allylic oxidation sites excluding steroid dienone is 5. The molecule has 0 amide bonds. The average molecular weight is 347 g/mol. The molecule has 2 heteroatoms. The van der Waals surface area contributed by atoms with Gasteiger partial charge in [0.15, 0.2) is 0 Å². The first-order chi connectivity index (χ1) is 11.4. The van der Waals surface area contributed by atoms with Crippen LogP contribution in [0.25, 0.3) is 0 Å². The first-order valence-electron chi connectivity index (χ1n) is 8.75. The maximum Gasteiger partial charge on any atom is 0.126 e. The van der Waals surface area contributed by atoms with E-state index in [1.165, 1.54) is 10.5 Å². The average Bonchev–Trinajstić information content (AvgIpc) is 2.54. The fraction of sp³-hybridized carbons (Fsp3) is 0.455. The van der Waals surface area contributed by atoms with E-state index in [9.17, 15) is 4.39 Å². The molecule has 1 aromatic rings. The van der Waals surface area contributed by atoms with E-state index in [4.69, 9.17) is 0 Å². The van der Waals surface area contributed by atoms with Crippen molar-refractivity contribution in [3.8, 4) is 0 Å². The van der Waals surface area contributed by atoms with Crippen molar-refractivity contribution in [2.24, 2.45) is 0 Å². The molecule has 0 aliphatic rings. The molecule has 0 aromatic heterocycles. The van der Waals surface area contributed by atoms with Gasteiger partial charge in [-0.05, 0) is 79.9 Å². The van der Waals surface area contributed by atoms with Crippen molar-refractivity contribution in [2.45, 2.75) is 59.3 Å². The molecule has 1 atom stereocenters. The highest BCUT2D eigenvalue weighted by molar-refractivity contribution is 8.02. The molecular formula is C22H31FS. The molecule has 0 nitrogen and oxygen atoms in total. The molecule has 1 rings (SSSR count). The Bertz CT molecular complexity index is 610. The van der Waals surface area contributed by atoms with Gasteiger partial charge in [-0.1, -0.05) is 43.2 Å². The second kappa shape index (κ2) is 10.6. The molecule has 0 saturated carbocycles. The van der Waals surface area contributed by atoms with Crippen LogP contribution in [0, 0.1) is 12.7 Å². The molecule has 0 N–H and O–H groups in total. The van der Waals surface area contributed by atoms with Gasteiger partial charge >= 0.3 is 0 Å². The second-order valence-corrected chi connectivity index (χ2v) is 7.30. The van der Waals surface area contributed by atoms with E-state index < -0.39 is 0 Å². The summed E-state index contributed by atoms with van der Waals surface area (Å²) in [7, 11) is 0. The molecule has 0 bridgehead atoms. The van der Waals surface area contributed by atoms with Gasteiger partial charge in [-0.25, -0.2) is 4.39 Å². The lowest BCUT2D eigenvalue weighted by Gasteiger charge is -2.21. The zero-order valence-corrected chi connectivity index (χ0v) is 16.6. The van der Waals surface area contributed by atoms with E-state index in [0.717, 1.165) is 42.4 Å². The fourth-order valence-electron chi connectivity index (χ4n) is 3.00. The van der Waals surface area contributed by atoms with E-state index in [0.29, 0.717) is 0 Å². The number of rotatable bonds is 9. The summed E-state index contributed by atoms with van der Waals surface area (Å²) in [6, 6.07) is 5.42. The predicted molar refractivity (Wildman–Crippen MR) is 108 cm³/mol. The first-order valence-corrected chi connectivity index (χ1v) is 9.98. The van der Waals surface area contributed by atoms with E-state index in [1.54, 1.807) is 17.8 Å². The lowest BCUT2D eigenvalue weighted by Crippen LogP contribution is -2.04. The van der Waals surface area contributed by atoms with Crippen LogP contribution in [-0.2, 0) is 0 Å². The van der Waals surface area contributed by atoms with Crippen molar-refractivity contribution >= 4 is 11.8 Å². The van der Waals surface area contributed by atoms with Crippen molar-refractivity contribution in [3.05, 3.63) is 69.9 Å². The third kappa shape index (κ3) is 6.32. The molecule has 0 aliphatic heterocycles. The molecule has 0 heterocycles. The van der Waals surface area contributed by atoms with Gasteiger partial charge in [-0.3, -0.25) is 0 Å². The van der Waals surface area contributed by atoms with Crippen molar-refractivity contribution in [3.63, 3.8) is 0 Å². The standard InChI is InChI=1S/C22H31FS/c1-7-10-18(8-2)14-20(24-6)15-19(13-16(3)4)21-11-9-12-22(23)17(21)5/h9-12,14,19H,3,7-8,13,15H2,1-2,4-6H3/b18-10-,20-14-. The normalized spacial score (nSPS) is 13.9. The maximum absolute atomic E-state index is 14.0. The highest BCUT2D eigenvalue weighted by atomic mass is 32.2. The molecule has 0 radical (unpaired) electrons. The van der Waals surface area contributed by atoms with Gasteiger partial charge in [0.25, 0.3) is 0 Å². The Morgan fingerprint density at radius 3 is 2.54 bits per heavy atom. The summed E-state index contributed by atoms with van der Waals surface area (Å²) in [6.07, 6.45) is 10.6. The minimum atomic E-state index is -0.117. The Morgan fingerprint density at radius 1 is 1.29 bits per heavy atom. The van der Waals surface area contributed by atoms with Crippen molar-refractivity contribution in [1.29, 1.82) is 0 Å². The van der Waals surface area contributed by atoms with Crippen LogP contribution in [0.15, 0.2) is 53.0 Å². The SMILES string of the molecule is C=C(C)CC(C/C(=C/C(=C\CC)CC)SC)c1cccc(F)c1C. The number of benzene rings is 1. The zero-order chi connectivity index (χ0) is 18.1. The molecule has 24 heavy (non-hydrogen) atoms.